The second-order valence-electron chi connectivity index (χ2n) is 12.4. The number of piperidine rings is 1. The molecule has 3 N–H and O–H groups in total. The summed E-state index contributed by atoms with van der Waals surface area (Å²) in [5.74, 6) is 7.21. The lowest BCUT2D eigenvalue weighted by molar-refractivity contribution is 0.0965. The second kappa shape index (κ2) is 11.7. The van der Waals surface area contributed by atoms with Gasteiger partial charge in [-0.05, 0) is 86.3 Å². The molecule has 1 unspecified atom stereocenters. The van der Waals surface area contributed by atoms with Crippen molar-refractivity contribution in [1.82, 2.24) is 20.0 Å². The Morgan fingerprint density at radius 3 is 2.74 bits per heavy atom. The number of hydrogen-bond donors (Lipinski definition) is 3. The molecule has 1 amide bonds. The molecule has 9 nitrogen and oxygen atoms in total. The molecule has 2 aliphatic heterocycles. The highest BCUT2D eigenvalue weighted by Gasteiger charge is 2.49. The highest BCUT2D eigenvalue weighted by molar-refractivity contribution is 7.84. The van der Waals surface area contributed by atoms with Gasteiger partial charge in [-0.3, -0.25) is 4.79 Å². The lowest BCUT2D eigenvalue weighted by Gasteiger charge is -2.44. The maximum atomic E-state index is 13.2. The number of amides is 1. The van der Waals surface area contributed by atoms with E-state index in [1.165, 1.54) is 11.1 Å². The summed E-state index contributed by atoms with van der Waals surface area (Å²) in [6.45, 7) is 7.94. The molecule has 3 aliphatic rings. The fourth-order valence-corrected chi connectivity index (χ4v) is 7.23. The van der Waals surface area contributed by atoms with Crippen molar-refractivity contribution in [2.24, 2.45) is 5.41 Å². The molecule has 0 saturated carbocycles. The monoisotopic (exact) mass is 599 g/mol. The predicted octanol–water partition coefficient (Wildman–Crippen LogP) is 3.58. The number of nitrogens with zero attached hydrogens (tertiary/aromatic N) is 3. The van der Waals surface area contributed by atoms with Crippen molar-refractivity contribution in [3.05, 3.63) is 82.3 Å². The fourth-order valence-electron chi connectivity index (χ4n) is 6.29. The van der Waals surface area contributed by atoms with E-state index in [1.807, 2.05) is 26.8 Å². The van der Waals surface area contributed by atoms with Gasteiger partial charge in [0.05, 0.1) is 34.6 Å². The lowest BCUT2D eigenvalue weighted by Crippen LogP contribution is -2.48. The zero-order valence-electron chi connectivity index (χ0n) is 24.8. The standard InChI is InChI=1S/C33H37N5O4S/c1-32(2,3)43(41)37-29-26-9-5-4-7-22(26)18-33(29)12-14-38(15-13-33)30-28(21-39)36-24(20-34-30)8-6-16-42-25-10-11-27-23(17-25)19-35-31(27)40/h4-5,7,9-11,17,20,29,37,39H,12-16,18-19,21H2,1-3H3,(H,35,40)/t29-,43?/m1/s1. The minimum absolute atomic E-state index is 0.0186. The number of hydrogen-bond acceptors (Lipinski definition) is 7. The fraction of sp³-hybridized carbons (Fsp3) is 0.424. The molecule has 3 heterocycles. The minimum Gasteiger partial charge on any atom is -0.481 e. The molecule has 2 aromatic carbocycles. The van der Waals surface area contributed by atoms with Crippen LogP contribution in [0.3, 0.4) is 0 Å². The van der Waals surface area contributed by atoms with E-state index in [9.17, 15) is 14.1 Å². The van der Waals surface area contributed by atoms with Gasteiger partial charge in [-0.1, -0.05) is 30.2 Å². The summed E-state index contributed by atoms with van der Waals surface area (Å²) in [5.41, 5.74) is 5.09. The predicted molar refractivity (Wildman–Crippen MR) is 166 cm³/mol. The quantitative estimate of drug-likeness (QED) is 0.371. The Hall–Kier alpha value is -3.78. The summed E-state index contributed by atoms with van der Waals surface area (Å²) in [7, 11) is -1.19. The number of nitrogens with one attached hydrogen (secondary N) is 2. The van der Waals surface area contributed by atoms with E-state index in [2.05, 4.69) is 61.0 Å². The molecule has 1 spiro atoms. The van der Waals surface area contributed by atoms with Gasteiger partial charge in [0.15, 0.2) is 5.82 Å². The van der Waals surface area contributed by atoms with Gasteiger partial charge < -0.3 is 20.1 Å². The molecular weight excluding hydrogens is 562 g/mol. The summed E-state index contributed by atoms with van der Waals surface area (Å²) in [5, 5.41) is 12.9. The molecule has 1 saturated heterocycles. The molecule has 10 heteroatoms. The Kier molecular flexibility index (Phi) is 7.98. The normalized spacial score (nSPS) is 19.3. The van der Waals surface area contributed by atoms with Gasteiger partial charge in [0.2, 0.25) is 0 Å². The van der Waals surface area contributed by atoms with Crippen molar-refractivity contribution in [3.8, 4) is 17.6 Å². The number of anilines is 1. The van der Waals surface area contributed by atoms with Gasteiger partial charge >= 0.3 is 0 Å². The van der Waals surface area contributed by atoms with Gasteiger partial charge in [-0.15, -0.1) is 0 Å². The van der Waals surface area contributed by atoms with Crippen LogP contribution in [0.25, 0.3) is 0 Å². The average Bonchev–Trinajstić information content (AvgIpc) is 3.51. The molecule has 0 radical (unpaired) electrons. The Bertz CT molecular complexity index is 1630. The number of rotatable bonds is 6. The largest absolute Gasteiger partial charge is 0.481 e. The smallest absolute Gasteiger partial charge is 0.251 e. The number of carbonyl (C=O) groups excluding carboxylic acids is 1. The van der Waals surface area contributed by atoms with Crippen LogP contribution in [0.2, 0.25) is 0 Å². The third-order valence-electron chi connectivity index (χ3n) is 8.62. The minimum atomic E-state index is -1.19. The number of fused-ring (bicyclic) bond motifs is 2. The number of carbonyl (C=O) groups is 1. The van der Waals surface area contributed by atoms with Crippen LogP contribution in [-0.4, -0.2) is 49.6 Å². The van der Waals surface area contributed by atoms with Crippen LogP contribution in [0, 0.1) is 17.3 Å². The van der Waals surface area contributed by atoms with Crippen molar-refractivity contribution in [1.29, 1.82) is 0 Å². The first-order chi connectivity index (χ1) is 20.7. The maximum absolute atomic E-state index is 13.2. The van der Waals surface area contributed by atoms with Crippen LogP contribution in [-0.2, 0) is 30.6 Å². The molecule has 0 bridgehead atoms. The molecule has 6 rings (SSSR count). The van der Waals surface area contributed by atoms with E-state index in [-0.39, 0.29) is 35.3 Å². The Morgan fingerprint density at radius 1 is 1.19 bits per heavy atom. The van der Waals surface area contributed by atoms with Crippen LogP contribution in [0.4, 0.5) is 5.82 Å². The first-order valence-electron chi connectivity index (χ1n) is 14.7. The first-order valence-corrected chi connectivity index (χ1v) is 15.8. The topological polar surface area (TPSA) is 117 Å². The summed E-state index contributed by atoms with van der Waals surface area (Å²) in [6.07, 6.45) is 4.39. The van der Waals surface area contributed by atoms with Crippen molar-refractivity contribution in [2.75, 3.05) is 24.6 Å². The highest BCUT2D eigenvalue weighted by atomic mass is 32.2. The zero-order chi connectivity index (χ0) is 30.2. The van der Waals surface area contributed by atoms with Crippen LogP contribution in [0.5, 0.6) is 5.75 Å². The van der Waals surface area contributed by atoms with Gasteiger partial charge in [-0.25, -0.2) is 18.9 Å². The van der Waals surface area contributed by atoms with Crippen LogP contribution >= 0.6 is 0 Å². The molecule has 224 valence electrons. The Balaban J connectivity index is 1.12. The van der Waals surface area contributed by atoms with Crippen molar-refractivity contribution in [3.63, 3.8) is 0 Å². The number of benzene rings is 2. The molecule has 1 fully saturated rings. The SMILES string of the molecule is CC(C)(C)S(=O)N[C@@H]1c2ccccc2CC12CCN(c1ncc(C#CCOc3ccc4c(c3)CNC4=O)nc1CO)CC2. The molecule has 1 aliphatic carbocycles. The second-order valence-corrected chi connectivity index (χ2v) is 14.4. The Morgan fingerprint density at radius 2 is 1.98 bits per heavy atom. The van der Waals surface area contributed by atoms with E-state index in [4.69, 9.17) is 4.74 Å². The molecule has 3 aromatic rings. The maximum Gasteiger partial charge on any atom is 0.251 e. The summed E-state index contributed by atoms with van der Waals surface area (Å²) < 4.78 is 22.1. The Labute approximate surface area is 255 Å². The summed E-state index contributed by atoms with van der Waals surface area (Å²) in [6, 6.07) is 13.9. The van der Waals surface area contributed by atoms with Crippen LogP contribution < -0.4 is 19.7 Å². The van der Waals surface area contributed by atoms with Gasteiger partial charge in [0.1, 0.15) is 23.7 Å². The highest BCUT2D eigenvalue weighted by Crippen LogP contribution is 2.52. The first kappa shape index (κ1) is 29.3. The molecule has 43 heavy (non-hydrogen) atoms. The number of aromatic nitrogens is 2. The van der Waals surface area contributed by atoms with Crippen molar-refractivity contribution in [2.45, 2.75) is 64.0 Å². The van der Waals surface area contributed by atoms with Crippen molar-refractivity contribution < 1.29 is 18.8 Å². The van der Waals surface area contributed by atoms with E-state index >= 15 is 0 Å². The van der Waals surface area contributed by atoms with Gasteiger partial charge in [0, 0.05) is 25.2 Å². The number of aliphatic hydroxyl groups excluding tert-OH is 1. The zero-order valence-corrected chi connectivity index (χ0v) is 25.6. The van der Waals surface area contributed by atoms with E-state index in [0.29, 0.717) is 35.1 Å². The summed E-state index contributed by atoms with van der Waals surface area (Å²) >= 11 is 0. The molecule has 1 aromatic heterocycles. The molecule has 2 atom stereocenters. The van der Waals surface area contributed by atoms with Crippen molar-refractivity contribution >= 4 is 22.7 Å². The molecular formula is C33H37N5O4S. The lowest BCUT2D eigenvalue weighted by atomic mass is 9.73. The van der Waals surface area contributed by atoms with Gasteiger partial charge in [0.25, 0.3) is 5.91 Å². The van der Waals surface area contributed by atoms with E-state index < -0.39 is 11.0 Å². The average molecular weight is 600 g/mol. The van der Waals surface area contributed by atoms with Gasteiger partial charge in [-0.2, -0.15) is 0 Å². The summed E-state index contributed by atoms with van der Waals surface area (Å²) in [4.78, 5) is 23.2. The van der Waals surface area contributed by atoms with E-state index in [0.717, 1.165) is 37.9 Å². The van der Waals surface area contributed by atoms with Crippen LogP contribution in [0.15, 0.2) is 48.7 Å². The van der Waals surface area contributed by atoms with E-state index in [1.54, 1.807) is 18.3 Å². The third-order valence-corrected chi connectivity index (χ3v) is 10.2. The number of ether oxygens (including phenoxy) is 1. The number of aliphatic hydroxyl groups is 1. The third kappa shape index (κ3) is 5.90. The van der Waals surface area contributed by atoms with Crippen LogP contribution in [0.1, 0.15) is 78.1 Å².